The Kier molecular flexibility index (Phi) is 7.16. The van der Waals surface area contributed by atoms with Crippen molar-refractivity contribution in [3.63, 3.8) is 0 Å². The molecule has 0 fully saturated rings. The Balaban J connectivity index is 1.68. The molecule has 2 rings (SSSR count). The molecule has 2 aromatic rings. The van der Waals surface area contributed by atoms with Gasteiger partial charge >= 0.3 is 0 Å². The Morgan fingerprint density at radius 1 is 1.12 bits per heavy atom. The smallest absolute Gasteiger partial charge is 0.258 e. The van der Waals surface area contributed by atoms with Crippen molar-refractivity contribution in [2.45, 2.75) is 13.3 Å². The maximum atomic E-state index is 11.8. The van der Waals surface area contributed by atoms with Crippen molar-refractivity contribution in [2.24, 2.45) is 0 Å². The molecule has 0 spiro atoms. The number of carbonyl (C=O) groups excluding carboxylic acids is 2. The van der Waals surface area contributed by atoms with Crippen LogP contribution in [0, 0.1) is 0 Å². The molecule has 1 amide bonds. The Morgan fingerprint density at radius 3 is 2.40 bits per heavy atom. The fourth-order valence-corrected chi connectivity index (χ4v) is 2.17. The van der Waals surface area contributed by atoms with E-state index in [0.717, 1.165) is 5.75 Å². The van der Waals surface area contributed by atoms with Gasteiger partial charge in [-0.25, -0.2) is 0 Å². The van der Waals surface area contributed by atoms with Crippen molar-refractivity contribution in [3.05, 3.63) is 48.4 Å². The Labute approximate surface area is 151 Å². The third-order valence-corrected chi connectivity index (χ3v) is 3.43. The van der Waals surface area contributed by atoms with Crippen molar-refractivity contribution in [1.82, 2.24) is 5.32 Å². The highest BCUT2D eigenvalue weighted by atomic mass is 32.1. The minimum Gasteiger partial charge on any atom is -0.494 e. The second-order valence-electron chi connectivity index (χ2n) is 5.09. The van der Waals surface area contributed by atoms with Gasteiger partial charge in [-0.1, -0.05) is 12.2 Å². The maximum Gasteiger partial charge on any atom is 0.258 e. The molecule has 1 N–H and O–H groups in total. The zero-order valence-corrected chi connectivity index (χ0v) is 14.6. The van der Waals surface area contributed by atoms with Gasteiger partial charge in [-0.3, -0.25) is 9.59 Å². The van der Waals surface area contributed by atoms with Crippen LogP contribution in [0.25, 0.3) is 0 Å². The molecule has 0 bridgehead atoms. The number of carbonyl (C=O) groups is 2. The third-order valence-electron chi connectivity index (χ3n) is 3.14. The molecule has 0 radical (unpaired) electrons. The van der Waals surface area contributed by atoms with E-state index in [1.165, 1.54) is 6.26 Å². The van der Waals surface area contributed by atoms with Gasteiger partial charge in [0.1, 0.15) is 11.5 Å². The topological polar surface area (TPSA) is 77.8 Å². The zero-order valence-electron chi connectivity index (χ0n) is 13.8. The highest BCUT2D eigenvalue weighted by molar-refractivity contribution is 7.80. The molecule has 1 aromatic heterocycles. The number of hydrogen-bond acceptors (Lipinski definition) is 6. The Morgan fingerprint density at radius 2 is 1.80 bits per heavy atom. The largest absolute Gasteiger partial charge is 0.494 e. The minimum absolute atomic E-state index is 0.0445. The van der Waals surface area contributed by atoms with Crippen molar-refractivity contribution in [3.8, 4) is 11.5 Å². The summed E-state index contributed by atoms with van der Waals surface area (Å²) in [7, 11) is 0. The molecule has 0 saturated heterocycles. The number of ketones is 1. The number of furan rings is 1. The lowest BCUT2D eigenvalue weighted by molar-refractivity contribution is -0.122. The number of benzene rings is 1. The van der Waals surface area contributed by atoms with Gasteiger partial charge in [0, 0.05) is 17.8 Å². The first-order chi connectivity index (χ1) is 12.1. The first-order valence-corrected chi connectivity index (χ1v) is 8.20. The number of thiocarbonyl (C=S) groups is 1. The first kappa shape index (κ1) is 18.7. The van der Waals surface area contributed by atoms with E-state index in [-0.39, 0.29) is 37.0 Å². The van der Waals surface area contributed by atoms with Crippen LogP contribution < -0.4 is 14.8 Å². The molecular formula is C18H19NO5S. The molecule has 0 aliphatic carbocycles. The van der Waals surface area contributed by atoms with Gasteiger partial charge in [0.2, 0.25) is 5.78 Å². The number of rotatable bonds is 10. The van der Waals surface area contributed by atoms with Gasteiger partial charge in [-0.05, 0) is 43.3 Å². The van der Waals surface area contributed by atoms with E-state index in [9.17, 15) is 9.59 Å². The summed E-state index contributed by atoms with van der Waals surface area (Å²) in [6.07, 6.45) is 1.47. The van der Waals surface area contributed by atoms with E-state index < -0.39 is 0 Å². The second kappa shape index (κ2) is 9.58. The summed E-state index contributed by atoms with van der Waals surface area (Å²) in [4.78, 5) is 24.0. The van der Waals surface area contributed by atoms with Crippen LogP contribution in [0.4, 0.5) is 0 Å². The summed E-state index contributed by atoms with van der Waals surface area (Å²) >= 11 is 5.11. The lowest BCUT2D eigenvalue weighted by atomic mass is 10.2. The summed E-state index contributed by atoms with van der Waals surface area (Å²) in [5, 5.41) is 2.62. The predicted molar refractivity (Wildman–Crippen MR) is 96.4 cm³/mol. The standard InChI is InChI=1S/C18H19NO5S/c1-2-22-13-5-7-14(8-6-13)24-12-18(21)19-11-15(25)10-16(20)17-4-3-9-23-17/h3-9H,2,10-12H2,1H3,(H,19,21). The first-order valence-electron chi connectivity index (χ1n) is 7.79. The van der Waals surface area contributed by atoms with Crippen LogP contribution in [0.3, 0.4) is 0 Å². The van der Waals surface area contributed by atoms with Crippen molar-refractivity contribution < 1.29 is 23.5 Å². The van der Waals surface area contributed by atoms with Gasteiger partial charge < -0.3 is 19.2 Å². The van der Waals surface area contributed by atoms with Crippen LogP contribution >= 0.6 is 12.2 Å². The van der Waals surface area contributed by atoms with Crippen molar-refractivity contribution in [2.75, 3.05) is 19.8 Å². The molecule has 1 aromatic carbocycles. The van der Waals surface area contributed by atoms with Crippen LogP contribution in [-0.2, 0) is 4.79 Å². The van der Waals surface area contributed by atoms with Crippen LogP contribution in [0.1, 0.15) is 23.9 Å². The molecule has 0 aliphatic heterocycles. The maximum absolute atomic E-state index is 11.8. The van der Waals surface area contributed by atoms with Crippen LogP contribution in [0.5, 0.6) is 11.5 Å². The Hall–Kier alpha value is -2.67. The molecule has 132 valence electrons. The van der Waals surface area contributed by atoms with E-state index in [2.05, 4.69) is 5.32 Å². The quantitative estimate of drug-likeness (QED) is 0.518. The zero-order chi connectivity index (χ0) is 18.1. The molecule has 0 atom stereocenters. The molecule has 0 aliphatic rings. The second-order valence-corrected chi connectivity index (χ2v) is 5.66. The third kappa shape index (κ3) is 6.39. The monoisotopic (exact) mass is 361 g/mol. The average molecular weight is 361 g/mol. The lowest BCUT2D eigenvalue weighted by Crippen LogP contribution is -2.33. The molecule has 7 heteroatoms. The van der Waals surface area contributed by atoms with Gasteiger partial charge in [-0.2, -0.15) is 0 Å². The number of nitrogens with one attached hydrogen (secondary N) is 1. The van der Waals surface area contributed by atoms with Crippen LogP contribution in [-0.4, -0.2) is 36.3 Å². The average Bonchev–Trinajstić information content (AvgIpc) is 3.14. The number of Topliss-reactive ketones (excluding diaryl/α,β-unsaturated/α-hetero) is 1. The number of amides is 1. The molecule has 0 saturated carbocycles. The van der Waals surface area contributed by atoms with Gasteiger partial charge in [0.25, 0.3) is 5.91 Å². The summed E-state index contributed by atoms with van der Waals surface area (Å²) < 4.78 is 15.7. The molecule has 0 unspecified atom stereocenters. The molecule has 6 nitrogen and oxygen atoms in total. The minimum atomic E-state index is -0.318. The summed E-state index contributed by atoms with van der Waals surface area (Å²) in [6, 6.07) is 10.2. The molecular weight excluding hydrogens is 342 g/mol. The normalized spacial score (nSPS) is 10.1. The molecule has 25 heavy (non-hydrogen) atoms. The predicted octanol–water partition coefficient (Wildman–Crippen LogP) is 2.82. The summed E-state index contributed by atoms with van der Waals surface area (Å²) in [6.45, 7) is 2.49. The Bertz CT molecular complexity index is 710. The highest BCUT2D eigenvalue weighted by Gasteiger charge is 2.12. The number of ether oxygens (including phenoxy) is 2. The SMILES string of the molecule is CCOc1ccc(OCC(=O)NCC(=S)CC(=O)c2ccco2)cc1. The van der Waals surface area contributed by atoms with E-state index in [4.69, 9.17) is 26.1 Å². The van der Waals surface area contributed by atoms with E-state index >= 15 is 0 Å². The van der Waals surface area contributed by atoms with E-state index in [1.54, 1.807) is 36.4 Å². The summed E-state index contributed by atoms with van der Waals surface area (Å²) in [5.74, 6) is 1.03. The fraction of sp³-hybridized carbons (Fsp3) is 0.278. The van der Waals surface area contributed by atoms with Gasteiger partial charge in [0.15, 0.2) is 12.4 Å². The lowest BCUT2D eigenvalue weighted by Gasteiger charge is -2.09. The van der Waals surface area contributed by atoms with E-state index in [1.807, 2.05) is 6.92 Å². The van der Waals surface area contributed by atoms with Crippen molar-refractivity contribution in [1.29, 1.82) is 0 Å². The van der Waals surface area contributed by atoms with Gasteiger partial charge in [-0.15, -0.1) is 0 Å². The van der Waals surface area contributed by atoms with E-state index in [0.29, 0.717) is 17.2 Å². The van der Waals surface area contributed by atoms with Crippen LogP contribution in [0.2, 0.25) is 0 Å². The molecule has 1 heterocycles. The highest BCUT2D eigenvalue weighted by Crippen LogP contribution is 2.17. The fourth-order valence-electron chi connectivity index (χ4n) is 1.96. The van der Waals surface area contributed by atoms with Gasteiger partial charge in [0.05, 0.1) is 12.9 Å². The van der Waals surface area contributed by atoms with Crippen LogP contribution in [0.15, 0.2) is 47.1 Å². The summed E-state index contributed by atoms with van der Waals surface area (Å²) in [5.41, 5.74) is 0. The van der Waals surface area contributed by atoms with Crippen molar-refractivity contribution >= 4 is 28.8 Å². The number of hydrogen-bond donors (Lipinski definition) is 1.